The number of anilines is 1. The third kappa shape index (κ3) is 2.75. The van der Waals surface area contributed by atoms with E-state index in [1.165, 1.54) is 0 Å². The number of ether oxygens (including phenoxy) is 1. The summed E-state index contributed by atoms with van der Waals surface area (Å²) in [6, 6.07) is 5.93. The van der Waals surface area contributed by atoms with Crippen molar-refractivity contribution >= 4 is 11.7 Å². The molecule has 66 valence electrons. The number of urea groups is 1. The monoisotopic (exact) mass is 176 g/mol. The highest BCUT2D eigenvalue weighted by Crippen LogP contribution is 2.14. The minimum absolute atomic E-state index is 0.539. The van der Waals surface area contributed by atoms with Gasteiger partial charge in [-0.15, -0.1) is 0 Å². The molecule has 1 rings (SSSR count). The fourth-order valence-corrected chi connectivity index (χ4v) is 0.817. The van der Waals surface area contributed by atoms with Gasteiger partial charge in [-0.05, 0) is 24.3 Å². The van der Waals surface area contributed by atoms with Gasteiger partial charge in [0.05, 0.1) is 0 Å². The van der Waals surface area contributed by atoms with E-state index in [4.69, 9.17) is 16.9 Å². The maximum absolute atomic E-state index is 10.4. The summed E-state index contributed by atoms with van der Waals surface area (Å²) in [6.07, 6.45) is 6.95. The second-order valence-corrected chi connectivity index (χ2v) is 2.23. The molecule has 0 heterocycles. The topological polar surface area (TPSA) is 64.3 Å². The van der Waals surface area contributed by atoms with E-state index in [1.807, 2.05) is 6.11 Å². The van der Waals surface area contributed by atoms with Crippen LogP contribution in [0.25, 0.3) is 0 Å². The lowest BCUT2D eigenvalue weighted by molar-refractivity contribution is 0.259. The first-order chi connectivity index (χ1) is 6.22. The molecule has 0 unspecified atom stereocenters. The lowest BCUT2D eigenvalue weighted by atomic mass is 10.3. The van der Waals surface area contributed by atoms with Crippen molar-refractivity contribution in [3.05, 3.63) is 24.3 Å². The highest BCUT2D eigenvalue weighted by Gasteiger charge is 1.95. The van der Waals surface area contributed by atoms with Gasteiger partial charge >= 0.3 is 6.03 Å². The van der Waals surface area contributed by atoms with Gasteiger partial charge in [-0.3, -0.25) is 0 Å². The van der Waals surface area contributed by atoms with Crippen molar-refractivity contribution in [3.8, 4) is 18.3 Å². The number of nitrogens with one attached hydrogen (secondary N) is 1. The van der Waals surface area contributed by atoms with Crippen molar-refractivity contribution in [1.29, 1.82) is 0 Å². The second kappa shape index (κ2) is 4.02. The molecule has 1 aromatic rings. The average Bonchev–Trinajstić information content (AvgIpc) is 2.08. The Hall–Kier alpha value is -2.15. The van der Waals surface area contributed by atoms with Crippen LogP contribution >= 0.6 is 0 Å². The first-order valence-corrected chi connectivity index (χ1v) is 3.51. The summed E-state index contributed by atoms with van der Waals surface area (Å²) in [7, 11) is 0. The SMILES string of the molecule is C#COc1ccc(NC(N)=O)cc1. The Balaban J connectivity index is 2.70. The average molecular weight is 176 g/mol. The minimum Gasteiger partial charge on any atom is -0.408 e. The van der Waals surface area contributed by atoms with E-state index in [2.05, 4.69) is 5.32 Å². The predicted molar refractivity (Wildman–Crippen MR) is 49.1 cm³/mol. The molecule has 1 aromatic carbocycles. The zero-order chi connectivity index (χ0) is 9.68. The molecule has 0 aliphatic heterocycles. The molecule has 0 bridgehead atoms. The number of rotatable bonds is 2. The van der Waals surface area contributed by atoms with Crippen LogP contribution in [0.4, 0.5) is 10.5 Å². The Bertz CT molecular complexity index is 338. The highest BCUT2D eigenvalue weighted by molar-refractivity contribution is 5.87. The van der Waals surface area contributed by atoms with Gasteiger partial charge < -0.3 is 15.8 Å². The molecule has 4 heteroatoms. The fraction of sp³-hybridized carbons (Fsp3) is 0. The number of amides is 2. The van der Waals surface area contributed by atoms with E-state index in [0.717, 1.165) is 0 Å². The van der Waals surface area contributed by atoms with Gasteiger partial charge in [0.25, 0.3) is 0 Å². The van der Waals surface area contributed by atoms with E-state index in [1.54, 1.807) is 24.3 Å². The largest absolute Gasteiger partial charge is 0.408 e. The zero-order valence-electron chi connectivity index (χ0n) is 6.78. The van der Waals surface area contributed by atoms with Gasteiger partial charge in [0.2, 0.25) is 0 Å². The minimum atomic E-state index is -0.606. The van der Waals surface area contributed by atoms with Crippen LogP contribution in [0.3, 0.4) is 0 Å². The summed E-state index contributed by atoms with van der Waals surface area (Å²) in [4.78, 5) is 10.4. The number of hydrogen-bond acceptors (Lipinski definition) is 2. The van der Waals surface area contributed by atoms with Gasteiger partial charge in [-0.2, -0.15) is 0 Å². The molecular weight excluding hydrogens is 168 g/mol. The molecule has 13 heavy (non-hydrogen) atoms. The van der Waals surface area contributed by atoms with E-state index < -0.39 is 6.03 Å². The fourth-order valence-electron chi connectivity index (χ4n) is 0.817. The lowest BCUT2D eigenvalue weighted by Crippen LogP contribution is -2.19. The van der Waals surface area contributed by atoms with E-state index in [9.17, 15) is 4.79 Å². The summed E-state index contributed by atoms with van der Waals surface area (Å²) in [5.74, 6) is 0.539. The molecule has 0 spiro atoms. The van der Waals surface area contributed by atoms with Crippen molar-refractivity contribution in [1.82, 2.24) is 0 Å². The highest BCUT2D eigenvalue weighted by atomic mass is 16.5. The number of nitrogens with two attached hydrogens (primary N) is 1. The van der Waals surface area contributed by atoms with Crippen LogP contribution in [0.5, 0.6) is 5.75 Å². The standard InChI is InChI=1S/C9H8N2O2/c1-2-13-8-5-3-7(4-6-8)11-9(10)12/h1,3-6H,(H3,10,11,12). The van der Waals surface area contributed by atoms with Crippen molar-refractivity contribution < 1.29 is 9.53 Å². The number of carbonyl (C=O) groups excluding carboxylic acids is 1. The Morgan fingerprint density at radius 3 is 2.54 bits per heavy atom. The van der Waals surface area contributed by atoms with Crippen LogP contribution in [0.1, 0.15) is 0 Å². The van der Waals surface area contributed by atoms with Crippen molar-refractivity contribution in [3.63, 3.8) is 0 Å². The molecule has 0 radical (unpaired) electrons. The summed E-state index contributed by atoms with van der Waals surface area (Å²) in [6.45, 7) is 0. The Morgan fingerprint density at radius 1 is 1.46 bits per heavy atom. The predicted octanol–water partition coefficient (Wildman–Crippen LogP) is 1.15. The molecule has 0 saturated heterocycles. The Morgan fingerprint density at radius 2 is 2.08 bits per heavy atom. The number of terminal acetylenes is 1. The van der Waals surface area contributed by atoms with Crippen LogP contribution in [-0.2, 0) is 0 Å². The van der Waals surface area contributed by atoms with Gasteiger partial charge in [0.1, 0.15) is 11.9 Å². The van der Waals surface area contributed by atoms with Gasteiger partial charge in [0, 0.05) is 5.69 Å². The number of benzene rings is 1. The Labute approximate surface area is 75.7 Å². The van der Waals surface area contributed by atoms with Crippen LogP contribution in [-0.4, -0.2) is 6.03 Å². The second-order valence-electron chi connectivity index (χ2n) is 2.23. The summed E-state index contributed by atoms with van der Waals surface area (Å²) < 4.78 is 4.75. The smallest absolute Gasteiger partial charge is 0.316 e. The van der Waals surface area contributed by atoms with Crippen LogP contribution in [0.15, 0.2) is 24.3 Å². The lowest BCUT2D eigenvalue weighted by Gasteiger charge is -2.01. The van der Waals surface area contributed by atoms with E-state index in [-0.39, 0.29) is 0 Å². The van der Waals surface area contributed by atoms with Gasteiger partial charge in [0.15, 0.2) is 0 Å². The normalized spacial score (nSPS) is 8.54. The van der Waals surface area contributed by atoms with Crippen LogP contribution in [0.2, 0.25) is 0 Å². The summed E-state index contributed by atoms with van der Waals surface area (Å²) in [5.41, 5.74) is 5.50. The first-order valence-electron chi connectivity index (χ1n) is 3.51. The molecule has 0 aromatic heterocycles. The molecule has 4 nitrogen and oxygen atoms in total. The molecule has 0 aliphatic rings. The Kier molecular flexibility index (Phi) is 2.77. The number of primary amides is 1. The zero-order valence-corrected chi connectivity index (χ0v) is 6.78. The van der Waals surface area contributed by atoms with Gasteiger partial charge in [-0.1, -0.05) is 6.42 Å². The van der Waals surface area contributed by atoms with Crippen molar-refractivity contribution in [2.75, 3.05) is 5.32 Å². The quantitative estimate of drug-likeness (QED) is 0.664. The number of hydrogen-bond donors (Lipinski definition) is 2. The number of carbonyl (C=O) groups is 1. The molecular formula is C9H8N2O2. The van der Waals surface area contributed by atoms with Crippen LogP contribution < -0.4 is 15.8 Å². The summed E-state index contributed by atoms with van der Waals surface area (Å²) >= 11 is 0. The van der Waals surface area contributed by atoms with E-state index >= 15 is 0 Å². The third-order valence-electron chi connectivity index (χ3n) is 1.30. The molecule has 2 amide bonds. The first kappa shape index (κ1) is 8.94. The van der Waals surface area contributed by atoms with Gasteiger partial charge in [-0.25, -0.2) is 4.79 Å². The summed E-state index contributed by atoms with van der Waals surface area (Å²) in [5, 5.41) is 2.41. The molecule has 0 saturated carbocycles. The third-order valence-corrected chi connectivity index (χ3v) is 1.30. The van der Waals surface area contributed by atoms with Crippen molar-refractivity contribution in [2.45, 2.75) is 0 Å². The maximum Gasteiger partial charge on any atom is 0.316 e. The molecule has 0 atom stereocenters. The molecule has 3 N–H and O–H groups in total. The maximum atomic E-state index is 10.4. The van der Waals surface area contributed by atoms with Crippen LogP contribution in [0, 0.1) is 12.5 Å². The molecule has 0 aliphatic carbocycles. The van der Waals surface area contributed by atoms with E-state index in [0.29, 0.717) is 11.4 Å². The van der Waals surface area contributed by atoms with Crippen molar-refractivity contribution in [2.24, 2.45) is 5.73 Å². The molecule has 0 fully saturated rings.